The van der Waals surface area contributed by atoms with Crippen LogP contribution in [0.25, 0.3) is 11.1 Å². The largest absolute Gasteiger partial charge is 0.465 e. The Morgan fingerprint density at radius 2 is 1.92 bits per heavy atom. The molecule has 0 aliphatic carbocycles. The number of hydrogen-bond donors (Lipinski definition) is 1. The van der Waals surface area contributed by atoms with E-state index < -0.39 is 5.97 Å². The Bertz CT molecular complexity index is 852. The van der Waals surface area contributed by atoms with Crippen LogP contribution in [0.4, 0.5) is 0 Å². The Hall–Kier alpha value is -3.09. The van der Waals surface area contributed by atoms with Gasteiger partial charge in [-0.15, -0.1) is 0 Å². The summed E-state index contributed by atoms with van der Waals surface area (Å²) in [7, 11) is 4.77. The Balaban J connectivity index is 1.91. The predicted octanol–water partition coefficient (Wildman–Crippen LogP) is 1.70. The molecule has 2 heterocycles. The second-order valence-electron chi connectivity index (χ2n) is 6.45. The van der Waals surface area contributed by atoms with Crippen LogP contribution >= 0.6 is 0 Å². The van der Waals surface area contributed by atoms with Gasteiger partial charge in [-0.05, 0) is 23.8 Å². The molecule has 0 saturated heterocycles. The highest BCUT2D eigenvalue weighted by Crippen LogP contribution is 2.28. The zero-order chi connectivity index (χ0) is 18.8. The van der Waals surface area contributed by atoms with Crippen molar-refractivity contribution in [3.05, 3.63) is 47.8 Å². The Morgan fingerprint density at radius 1 is 1.23 bits per heavy atom. The lowest BCUT2D eigenvalue weighted by atomic mass is 10.1. The zero-order valence-electron chi connectivity index (χ0n) is 15.0. The van der Waals surface area contributed by atoms with Crippen molar-refractivity contribution >= 4 is 17.8 Å². The maximum atomic E-state index is 12.2. The highest BCUT2D eigenvalue weighted by atomic mass is 16.5. The number of carbonyl (C=O) groups is 3. The smallest absolute Gasteiger partial charge is 0.337 e. The zero-order valence-corrected chi connectivity index (χ0v) is 15.0. The number of benzene rings is 1. The minimum absolute atomic E-state index is 0.00906. The van der Waals surface area contributed by atoms with Gasteiger partial charge in [0.15, 0.2) is 0 Å². The van der Waals surface area contributed by atoms with Gasteiger partial charge in [-0.25, -0.2) is 4.79 Å². The standard InChI is InChI=1S/C19H21N3O4/c1-21(2)17(23)9-15-10-20-18(24)16-8-14(11-22(15)16)12-4-6-13(7-5-12)19(25)26-3/h4-8,11,15H,9-10H2,1-3H3,(H,20,24). The van der Waals surface area contributed by atoms with Crippen molar-refractivity contribution in [3.63, 3.8) is 0 Å². The Kier molecular flexibility index (Phi) is 4.79. The summed E-state index contributed by atoms with van der Waals surface area (Å²) in [5, 5.41) is 2.84. The SMILES string of the molecule is COC(=O)c1ccc(-c2cc3n(c2)C(CC(=O)N(C)C)CNC3=O)cc1. The molecule has 0 fully saturated rings. The molecule has 7 heteroatoms. The molecular formula is C19H21N3O4. The number of carbonyl (C=O) groups excluding carboxylic acids is 3. The highest BCUT2D eigenvalue weighted by Gasteiger charge is 2.28. The molecule has 2 aromatic rings. The molecule has 1 N–H and O–H groups in total. The van der Waals surface area contributed by atoms with E-state index in [1.54, 1.807) is 37.2 Å². The molecule has 0 bridgehead atoms. The average molecular weight is 355 g/mol. The van der Waals surface area contributed by atoms with Crippen LogP contribution in [-0.2, 0) is 9.53 Å². The maximum absolute atomic E-state index is 12.2. The molecule has 1 atom stereocenters. The molecule has 0 spiro atoms. The lowest BCUT2D eigenvalue weighted by Gasteiger charge is -2.27. The first kappa shape index (κ1) is 17.7. The van der Waals surface area contributed by atoms with Crippen LogP contribution in [0.1, 0.15) is 33.3 Å². The van der Waals surface area contributed by atoms with E-state index in [1.807, 2.05) is 22.9 Å². The fraction of sp³-hybridized carbons (Fsp3) is 0.316. The van der Waals surface area contributed by atoms with Gasteiger partial charge in [-0.3, -0.25) is 9.59 Å². The first-order valence-electron chi connectivity index (χ1n) is 8.29. The third-order valence-electron chi connectivity index (χ3n) is 4.52. The van der Waals surface area contributed by atoms with Crippen LogP contribution in [0.2, 0.25) is 0 Å². The lowest BCUT2D eigenvalue weighted by Crippen LogP contribution is -2.40. The molecule has 0 saturated carbocycles. The minimum atomic E-state index is -0.394. The third kappa shape index (κ3) is 3.33. The van der Waals surface area contributed by atoms with Crippen molar-refractivity contribution in [1.29, 1.82) is 0 Å². The summed E-state index contributed by atoms with van der Waals surface area (Å²) in [6.07, 6.45) is 2.20. The van der Waals surface area contributed by atoms with E-state index in [0.29, 0.717) is 24.2 Å². The first-order valence-corrected chi connectivity index (χ1v) is 8.29. The van der Waals surface area contributed by atoms with Gasteiger partial charge in [-0.1, -0.05) is 12.1 Å². The second kappa shape index (κ2) is 7.03. The summed E-state index contributed by atoms with van der Waals surface area (Å²) < 4.78 is 6.57. The monoisotopic (exact) mass is 355 g/mol. The van der Waals surface area contributed by atoms with E-state index in [2.05, 4.69) is 5.32 Å². The van der Waals surface area contributed by atoms with Gasteiger partial charge in [0.25, 0.3) is 5.91 Å². The summed E-state index contributed by atoms with van der Waals surface area (Å²) in [5.74, 6) is -0.542. The van der Waals surface area contributed by atoms with Crippen LogP contribution in [-0.4, -0.2) is 55.0 Å². The minimum Gasteiger partial charge on any atom is -0.465 e. The molecule has 1 aromatic carbocycles. The number of nitrogens with zero attached hydrogens (tertiary/aromatic N) is 2. The van der Waals surface area contributed by atoms with Crippen LogP contribution in [0.15, 0.2) is 36.5 Å². The normalized spacial score (nSPS) is 15.8. The molecule has 1 aliphatic heterocycles. The van der Waals surface area contributed by atoms with E-state index >= 15 is 0 Å². The summed E-state index contributed by atoms with van der Waals surface area (Å²) in [6.45, 7) is 0.417. The van der Waals surface area contributed by atoms with Gasteiger partial charge >= 0.3 is 5.97 Å². The number of nitrogens with one attached hydrogen (secondary N) is 1. The molecule has 3 rings (SSSR count). The summed E-state index contributed by atoms with van der Waals surface area (Å²) in [6, 6.07) is 8.67. The van der Waals surface area contributed by atoms with Crippen molar-refractivity contribution in [2.45, 2.75) is 12.5 Å². The number of amides is 2. The van der Waals surface area contributed by atoms with E-state index in [1.165, 1.54) is 7.11 Å². The number of aromatic nitrogens is 1. The quantitative estimate of drug-likeness (QED) is 0.847. The number of fused-ring (bicyclic) bond motifs is 1. The summed E-state index contributed by atoms with van der Waals surface area (Å²) in [5.41, 5.74) is 2.73. The highest BCUT2D eigenvalue weighted by molar-refractivity contribution is 5.95. The van der Waals surface area contributed by atoms with Gasteiger partial charge in [0.05, 0.1) is 18.7 Å². The molecule has 1 aliphatic rings. The number of ether oxygens (including phenoxy) is 1. The van der Waals surface area contributed by atoms with Gasteiger partial charge in [0.2, 0.25) is 5.91 Å². The topological polar surface area (TPSA) is 80.6 Å². The van der Waals surface area contributed by atoms with Crippen molar-refractivity contribution < 1.29 is 19.1 Å². The van der Waals surface area contributed by atoms with Crippen molar-refractivity contribution in [1.82, 2.24) is 14.8 Å². The van der Waals surface area contributed by atoms with Crippen LogP contribution in [0.5, 0.6) is 0 Å². The van der Waals surface area contributed by atoms with Crippen molar-refractivity contribution in [2.24, 2.45) is 0 Å². The van der Waals surface area contributed by atoms with Gasteiger partial charge in [-0.2, -0.15) is 0 Å². The van der Waals surface area contributed by atoms with E-state index in [4.69, 9.17) is 4.74 Å². The summed E-state index contributed by atoms with van der Waals surface area (Å²) in [4.78, 5) is 37.4. The average Bonchev–Trinajstić information content (AvgIpc) is 3.10. The third-order valence-corrected chi connectivity index (χ3v) is 4.52. The molecule has 26 heavy (non-hydrogen) atoms. The van der Waals surface area contributed by atoms with Crippen LogP contribution in [0.3, 0.4) is 0 Å². The second-order valence-corrected chi connectivity index (χ2v) is 6.45. The van der Waals surface area contributed by atoms with Gasteiger partial charge < -0.3 is 19.5 Å². The first-order chi connectivity index (χ1) is 12.4. The molecular weight excluding hydrogens is 334 g/mol. The predicted molar refractivity (Wildman–Crippen MR) is 95.9 cm³/mol. The lowest BCUT2D eigenvalue weighted by molar-refractivity contribution is -0.129. The summed E-state index contributed by atoms with van der Waals surface area (Å²) >= 11 is 0. The molecule has 2 amide bonds. The van der Waals surface area contributed by atoms with Crippen molar-refractivity contribution in [3.8, 4) is 11.1 Å². The molecule has 7 nitrogen and oxygen atoms in total. The van der Waals surface area contributed by atoms with E-state index in [9.17, 15) is 14.4 Å². The van der Waals surface area contributed by atoms with Gasteiger partial charge in [0, 0.05) is 38.8 Å². The number of rotatable bonds is 4. The number of methoxy groups -OCH3 is 1. The van der Waals surface area contributed by atoms with Crippen LogP contribution < -0.4 is 5.32 Å². The molecule has 1 aromatic heterocycles. The van der Waals surface area contributed by atoms with Crippen LogP contribution in [0, 0.1) is 0 Å². The maximum Gasteiger partial charge on any atom is 0.337 e. The number of esters is 1. The Morgan fingerprint density at radius 3 is 2.54 bits per heavy atom. The molecule has 136 valence electrons. The fourth-order valence-corrected chi connectivity index (χ4v) is 2.99. The molecule has 0 radical (unpaired) electrons. The Labute approximate surface area is 151 Å². The van der Waals surface area contributed by atoms with E-state index in [0.717, 1.165) is 11.1 Å². The number of hydrogen-bond acceptors (Lipinski definition) is 4. The fourth-order valence-electron chi connectivity index (χ4n) is 2.99. The van der Waals surface area contributed by atoms with Crippen molar-refractivity contribution in [2.75, 3.05) is 27.7 Å². The van der Waals surface area contributed by atoms with E-state index in [-0.39, 0.29) is 17.9 Å². The molecule has 1 unspecified atom stereocenters. The van der Waals surface area contributed by atoms with Gasteiger partial charge in [0.1, 0.15) is 5.69 Å².